The number of hydrogen-bond donors (Lipinski definition) is 0. The molecule has 0 unspecified atom stereocenters. The van der Waals surface area contributed by atoms with Crippen molar-refractivity contribution >= 4 is 22.9 Å². The second-order valence-electron chi connectivity index (χ2n) is 6.28. The predicted octanol–water partition coefficient (Wildman–Crippen LogP) is 1.91. The number of fused-ring (bicyclic) bond motifs is 1. The number of oxazole rings is 1. The van der Waals surface area contributed by atoms with Crippen molar-refractivity contribution in [3.05, 3.63) is 30.2 Å². The van der Waals surface area contributed by atoms with Gasteiger partial charge in [-0.05, 0) is 37.5 Å². The molecule has 2 aliphatic rings. The van der Waals surface area contributed by atoms with Crippen LogP contribution in [-0.2, 0) is 4.79 Å². The van der Waals surface area contributed by atoms with Gasteiger partial charge < -0.3 is 14.2 Å². The standard InChI is InChI=1S/C17H19N3O3/c21-16(12-2-3-12)19-6-1-7-20(9-8-19)17(22)13-4-5-14-15(10-13)23-11-18-14/h4-5,10-12H,1-3,6-9H2. The molecule has 1 aliphatic heterocycles. The minimum Gasteiger partial charge on any atom is -0.443 e. The number of amides is 2. The van der Waals surface area contributed by atoms with Crippen molar-refractivity contribution < 1.29 is 14.0 Å². The van der Waals surface area contributed by atoms with Crippen LogP contribution in [0.3, 0.4) is 0 Å². The molecule has 1 aromatic heterocycles. The first-order chi connectivity index (χ1) is 11.2. The van der Waals surface area contributed by atoms with Crippen LogP contribution in [0.4, 0.5) is 0 Å². The lowest BCUT2D eigenvalue weighted by atomic mass is 10.1. The first-order valence-electron chi connectivity index (χ1n) is 8.14. The Hall–Kier alpha value is -2.37. The minimum atomic E-state index is -0.0102. The molecule has 0 N–H and O–H groups in total. The van der Waals surface area contributed by atoms with Gasteiger partial charge in [0.1, 0.15) is 5.52 Å². The fraction of sp³-hybridized carbons (Fsp3) is 0.471. The molecule has 2 amide bonds. The van der Waals surface area contributed by atoms with Gasteiger partial charge in [-0.2, -0.15) is 0 Å². The lowest BCUT2D eigenvalue weighted by Crippen LogP contribution is -2.37. The smallest absolute Gasteiger partial charge is 0.254 e. The Morgan fingerprint density at radius 3 is 2.70 bits per heavy atom. The predicted molar refractivity (Wildman–Crippen MR) is 83.8 cm³/mol. The molecule has 1 aromatic carbocycles. The van der Waals surface area contributed by atoms with E-state index in [1.165, 1.54) is 6.39 Å². The van der Waals surface area contributed by atoms with Gasteiger partial charge in [0.25, 0.3) is 5.91 Å². The third kappa shape index (κ3) is 2.81. The van der Waals surface area contributed by atoms with Gasteiger partial charge in [0.2, 0.25) is 5.91 Å². The molecule has 0 spiro atoms. The van der Waals surface area contributed by atoms with Crippen molar-refractivity contribution in [1.82, 2.24) is 14.8 Å². The summed E-state index contributed by atoms with van der Waals surface area (Å²) in [6.45, 7) is 2.65. The van der Waals surface area contributed by atoms with E-state index in [0.717, 1.165) is 31.3 Å². The minimum absolute atomic E-state index is 0.0102. The molecule has 2 fully saturated rings. The van der Waals surface area contributed by atoms with E-state index in [-0.39, 0.29) is 17.7 Å². The number of nitrogens with zero attached hydrogens (tertiary/aromatic N) is 3. The van der Waals surface area contributed by atoms with Crippen LogP contribution >= 0.6 is 0 Å². The van der Waals surface area contributed by atoms with Crippen molar-refractivity contribution in [3.8, 4) is 0 Å². The van der Waals surface area contributed by atoms with Crippen LogP contribution in [0.5, 0.6) is 0 Å². The van der Waals surface area contributed by atoms with Crippen molar-refractivity contribution in [1.29, 1.82) is 0 Å². The summed E-state index contributed by atoms with van der Waals surface area (Å²) in [5.41, 5.74) is 1.98. The summed E-state index contributed by atoms with van der Waals surface area (Å²) in [6.07, 6.45) is 4.26. The monoisotopic (exact) mass is 313 g/mol. The first kappa shape index (κ1) is 14.2. The molecule has 120 valence electrons. The van der Waals surface area contributed by atoms with Crippen molar-refractivity contribution in [2.75, 3.05) is 26.2 Å². The second-order valence-corrected chi connectivity index (χ2v) is 6.28. The molecule has 1 saturated heterocycles. The van der Waals surface area contributed by atoms with E-state index in [9.17, 15) is 9.59 Å². The Labute approximate surface area is 134 Å². The summed E-state index contributed by atoms with van der Waals surface area (Å²) in [7, 11) is 0. The molecule has 6 heteroatoms. The quantitative estimate of drug-likeness (QED) is 0.849. The Bertz CT molecular complexity index is 750. The molecule has 2 aromatic rings. The largest absolute Gasteiger partial charge is 0.443 e. The van der Waals surface area contributed by atoms with Crippen molar-refractivity contribution in [2.45, 2.75) is 19.3 Å². The maximum Gasteiger partial charge on any atom is 0.254 e. The highest BCUT2D eigenvalue weighted by molar-refractivity contribution is 5.97. The average molecular weight is 313 g/mol. The summed E-state index contributed by atoms with van der Waals surface area (Å²) >= 11 is 0. The molecule has 23 heavy (non-hydrogen) atoms. The Kier molecular flexibility index (Phi) is 3.52. The molecule has 0 atom stereocenters. The number of rotatable bonds is 2. The number of carbonyl (C=O) groups excluding carboxylic acids is 2. The molecular formula is C17H19N3O3. The van der Waals surface area contributed by atoms with Gasteiger partial charge in [-0.1, -0.05) is 0 Å². The Morgan fingerprint density at radius 2 is 1.87 bits per heavy atom. The Balaban J connectivity index is 1.46. The third-order valence-electron chi connectivity index (χ3n) is 4.60. The highest BCUT2D eigenvalue weighted by Gasteiger charge is 2.34. The summed E-state index contributed by atoms with van der Waals surface area (Å²) in [6, 6.07) is 5.32. The van der Waals surface area contributed by atoms with Gasteiger partial charge in [0, 0.05) is 37.7 Å². The van der Waals surface area contributed by atoms with Crippen molar-refractivity contribution in [3.63, 3.8) is 0 Å². The molecule has 0 bridgehead atoms. The van der Waals surface area contributed by atoms with E-state index in [1.54, 1.807) is 18.2 Å². The topological polar surface area (TPSA) is 66.7 Å². The van der Waals surface area contributed by atoms with E-state index in [1.807, 2.05) is 9.80 Å². The van der Waals surface area contributed by atoms with Gasteiger partial charge in [-0.15, -0.1) is 0 Å². The summed E-state index contributed by atoms with van der Waals surface area (Å²) in [5.74, 6) is 0.498. The maximum atomic E-state index is 12.7. The van der Waals surface area contributed by atoms with Gasteiger partial charge in [-0.25, -0.2) is 4.98 Å². The van der Waals surface area contributed by atoms with Crippen molar-refractivity contribution in [2.24, 2.45) is 5.92 Å². The number of carbonyl (C=O) groups is 2. The number of aromatic nitrogens is 1. The summed E-state index contributed by atoms with van der Waals surface area (Å²) in [5, 5.41) is 0. The normalized spacial score (nSPS) is 19.0. The lowest BCUT2D eigenvalue weighted by Gasteiger charge is -2.22. The van der Waals surface area contributed by atoms with Crippen LogP contribution < -0.4 is 0 Å². The fourth-order valence-electron chi connectivity index (χ4n) is 3.10. The molecule has 1 aliphatic carbocycles. The highest BCUT2D eigenvalue weighted by Crippen LogP contribution is 2.31. The van der Waals surface area contributed by atoms with E-state index >= 15 is 0 Å². The number of benzene rings is 1. The van der Waals surface area contributed by atoms with Crippen LogP contribution in [-0.4, -0.2) is 52.8 Å². The fourth-order valence-corrected chi connectivity index (χ4v) is 3.10. The Morgan fingerprint density at radius 1 is 1.09 bits per heavy atom. The zero-order chi connectivity index (χ0) is 15.8. The molecule has 4 rings (SSSR count). The molecule has 1 saturated carbocycles. The van der Waals surface area contributed by atoms with Gasteiger partial charge >= 0.3 is 0 Å². The van der Waals surface area contributed by atoms with Crippen LogP contribution in [0.25, 0.3) is 11.1 Å². The van der Waals surface area contributed by atoms with E-state index in [0.29, 0.717) is 30.8 Å². The van der Waals surface area contributed by atoms with Crippen LogP contribution in [0.15, 0.2) is 29.0 Å². The van der Waals surface area contributed by atoms with E-state index in [4.69, 9.17) is 4.42 Å². The van der Waals surface area contributed by atoms with E-state index in [2.05, 4.69) is 4.98 Å². The molecular weight excluding hydrogens is 294 g/mol. The number of hydrogen-bond acceptors (Lipinski definition) is 4. The maximum absolute atomic E-state index is 12.7. The summed E-state index contributed by atoms with van der Waals surface area (Å²) in [4.78, 5) is 32.7. The second kappa shape index (κ2) is 5.68. The van der Waals surface area contributed by atoms with Crippen LogP contribution in [0.1, 0.15) is 29.6 Å². The lowest BCUT2D eigenvalue weighted by molar-refractivity contribution is -0.132. The highest BCUT2D eigenvalue weighted by atomic mass is 16.3. The average Bonchev–Trinajstić information content (AvgIpc) is 3.35. The SMILES string of the molecule is O=C(c1ccc2ncoc2c1)N1CCCN(C(=O)C2CC2)CC1. The zero-order valence-electron chi connectivity index (χ0n) is 12.9. The van der Waals surface area contributed by atoms with Gasteiger partial charge in [0.05, 0.1) is 0 Å². The summed E-state index contributed by atoms with van der Waals surface area (Å²) < 4.78 is 5.27. The van der Waals surface area contributed by atoms with Crippen LogP contribution in [0.2, 0.25) is 0 Å². The van der Waals surface area contributed by atoms with Gasteiger partial charge in [-0.3, -0.25) is 9.59 Å². The van der Waals surface area contributed by atoms with E-state index < -0.39 is 0 Å². The third-order valence-corrected chi connectivity index (χ3v) is 4.60. The molecule has 2 heterocycles. The van der Waals surface area contributed by atoms with Gasteiger partial charge in [0.15, 0.2) is 12.0 Å². The van der Waals surface area contributed by atoms with Crippen LogP contribution in [0, 0.1) is 5.92 Å². The molecule has 6 nitrogen and oxygen atoms in total. The molecule has 0 radical (unpaired) electrons. The zero-order valence-corrected chi connectivity index (χ0v) is 12.9. The first-order valence-corrected chi connectivity index (χ1v) is 8.14.